The van der Waals surface area contributed by atoms with Gasteiger partial charge in [-0.05, 0) is 31.4 Å². The number of hydrogen-bond donors (Lipinski definition) is 3. The molecule has 0 spiro atoms. The standard InChI is InChI=1S/C14H15FN4O2/c15-12-6-9(4-5-13(12)21-11-2-1-3-11)18-14(20)19-10-7-16-17-8-10/h4-8,11H,1-3H2,(H,16,17)(H2,18,19,20). The van der Waals surface area contributed by atoms with Crippen LogP contribution in [-0.4, -0.2) is 22.3 Å². The van der Waals surface area contributed by atoms with Crippen molar-refractivity contribution >= 4 is 17.4 Å². The summed E-state index contributed by atoms with van der Waals surface area (Å²) in [4.78, 5) is 11.7. The number of halogens is 1. The van der Waals surface area contributed by atoms with Gasteiger partial charge in [-0.1, -0.05) is 0 Å². The maximum atomic E-state index is 13.9. The van der Waals surface area contributed by atoms with Gasteiger partial charge in [0.25, 0.3) is 0 Å². The molecular formula is C14H15FN4O2. The fourth-order valence-electron chi connectivity index (χ4n) is 1.96. The molecule has 7 heteroatoms. The van der Waals surface area contributed by atoms with Gasteiger partial charge >= 0.3 is 6.03 Å². The normalized spacial score (nSPS) is 14.3. The molecule has 1 fully saturated rings. The predicted octanol–water partition coefficient (Wildman–Crippen LogP) is 3.12. The number of aromatic nitrogens is 2. The van der Waals surface area contributed by atoms with E-state index in [4.69, 9.17) is 4.74 Å². The molecule has 0 unspecified atom stereocenters. The van der Waals surface area contributed by atoms with E-state index in [0.717, 1.165) is 19.3 Å². The molecular weight excluding hydrogens is 275 g/mol. The van der Waals surface area contributed by atoms with Crippen LogP contribution in [-0.2, 0) is 0 Å². The summed E-state index contributed by atoms with van der Waals surface area (Å²) >= 11 is 0. The zero-order valence-electron chi connectivity index (χ0n) is 11.2. The van der Waals surface area contributed by atoms with Crippen molar-refractivity contribution in [1.82, 2.24) is 10.2 Å². The monoisotopic (exact) mass is 290 g/mol. The van der Waals surface area contributed by atoms with Crippen LogP contribution in [0.4, 0.5) is 20.6 Å². The molecule has 1 aliphatic rings. The zero-order chi connectivity index (χ0) is 14.7. The van der Waals surface area contributed by atoms with Gasteiger partial charge < -0.3 is 15.4 Å². The van der Waals surface area contributed by atoms with E-state index >= 15 is 0 Å². The maximum Gasteiger partial charge on any atom is 0.323 e. The number of aromatic amines is 1. The molecule has 2 aromatic rings. The first kappa shape index (κ1) is 13.4. The van der Waals surface area contributed by atoms with Crippen LogP contribution >= 0.6 is 0 Å². The lowest BCUT2D eigenvalue weighted by molar-refractivity contribution is 0.115. The molecule has 3 rings (SSSR count). The molecule has 1 aromatic carbocycles. The second kappa shape index (κ2) is 5.82. The first-order valence-corrected chi connectivity index (χ1v) is 6.74. The van der Waals surface area contributed by atoms with Crippen LogP contribution in [0.3, 0.4) is 0 Å². The molecule has 0 radical (unpaired) electrons. The highest BCUT2D eigenvalue weighted by molar-refractivity contribution is 5.99. The van der Waals surface area contributed by atoms with E-state index in [0.29, 0.717) is 11.4 Å². The molecule has 0 saturated heterocycles. The van der Waals surface area contributed by atoms with Gasteiger partial charge in [0.2, 0.25) is 0 Å². The van der Waals surface area contributed by atoms with Crippen LogP contribution in [0.1, 0.15) is 19.3 Å². The van der Waals surface area contributed by atoms with Crippen molar-refractivity contribution in [3.63, 3.8) is 0 Å². The quantitative estimate of drug-likeness (QED) is 0.809. The van der Waals surface area contributed by atoms with Crippen LogP contribution in [0, 0.1) is 5.82 Å². The number of nitrogens with zero attached hydrogens (tertiary/aromatic N) is 1. The summed E-state index contributed by atoms with van der Waals surface area (Å²) in [6.07, 6.45) is 6.17. The van der Waals surface area contributed by atoms with Gasteiger partial charge in [-0.2, -0.15) is 5.10 Å². The van der Waals surface area contributed by atoms with Crippen molar-refractivity contribution in [2.24, 2.45) is 0 Å². The van der Waals surface area contributed by atoms with Gasteiger partial charge in [-0.25, -0.2) is 9.18 Å². The number of benzene rings is 1. The molecule has 6 nitrogen and oxygen atoms in total. The molecule has 21 heavy (non-hydrogen) atoms. The summed E-state index contributed by atoms with van der Waals surface area (Å²) < 4.78 is 19.4. The number of ether oxygens (including phenoxy) is 1. The molecule has 0 aliphatic heterocycles. The number of nitrogens with one attached hydrogen (secondary N) is 3. The Balaban J connectivity index is 1.60. The molecule has 1 aromatic heterocycles. The number of amides is 2. The van der Waals surface area contributed by atoms with Crippen molar-refractivity contribution < 1.29 is 13.9 Å². The fourth-order valence-corrected chi connectivity index (χ4v) is 1.96. The highest BCUT2D eigenvalue weighted by Crippen LogP contribution is 2.28. The third-order valence-corrected chi connectivity index (χ3v) is 3.29. The van der Waals surface area contributed by atoms with Gasteiger partial charge in [0.05, 0.1) is 18.0 Å². The number of urea groups is 1. The van der Waals surface area contributed by atoms with E-state index in [1.54, 1.807) is 6.07 Å². The second-order valence-electron chi connectivity index (χ2n) is 4.88. The predicted molar refractivity (Wildman–Crippen MR) is 75.9 cm³/mol. The van der Waals surface area contributed by atoms with E-state index in [-0.39, 0.29) is 11.9 Å². The SMILES string of the molecule is O=C(Nc1cn[nH]c1)Nc1ccc(OC2CCC2)c(F)c1. The molecule has 0 atom stereocenters. The number of H-pyrrole nitrogens is 1. The van der Waals surface area contributed by atoms with Crippen LogP contribution in [0.15, 0.2) is 30.6 Å². The van der Waals surface area contributed by atoms with Gasteiger partial charge in [0.15, 0.2) is 11.6 Å². The van der Waals surface area contributed by atoms with Crippen LogP contribution < -0.4 is 15.4 Å². The summed E-state index contributed by atoms with van der Waals surface area (Å²) in [6, 6.07) is 3.90. The lowest BCUT2D eigenvalue weighted by Gasteiger charge is -2.26. The van der Waals surface area contributed by atoms with Gasteiger partial charge in [-0.3, -0.25) is 5.10 Å². The number of rotatable bonds is 4. The largest absolute Gasteiger partial charge is 0.487 e. The molecule has 110 valence electrons. The van der Waals surface area contributed by atoms with E-state index in [9.17, 15) is 9.18 Å². The lowest BCUT2D eigenvalue weighted by Crippen LogP contribution is -2.25. The minimum Gasteiger partial charge on any atom is -0.487 e. The van der Waals surface area contributed by atoms with Crippen molar-refractivity contribution in [3.8, 4) is 5.75 Å². The number of carbonyl (C=O) groups is 1. The van der Waals surface area contributed by atoms with E-state index in [2.05, 4.69) is 20.8 Å². The lowest BCUT2D eigenvalue weighted by atomic mass is 9.96. The maximum absolute atomic E-state index is 13.9. The molecule has 0 bridgehead atoms. The number of hydrogen-bond acceptors (Lipinski definition) is 3. The Morgan fingerprint density at radius 2 is 2.14 bits per heavy atom. The topological polar surface area (TPSA) is 79.0 Å². The Morgan fingerprint density at radius 1 is 1.33 bits per heavy atom. The first-order chi connectivity index (χ1) is 10.2. The highest BCUT2D eigenvalue weighted by Gasteiger charge is 2.20. The van der Waals surface area contributed by atoms with Crippen molar-refractivity contribution in [1.29, 1.82) is 0 Å². The summed E-state index contributed by atoms with van der Waals surface area (Å²) in [6.45, 7) is 0. The molecule has 3 N–H and O–H groups in total. The Morgan fingerprint density at radius 3 is 2.76 bits per heavy atom. The molecule has 1 aliphatic carbocycles. The minimum atomic E-state index is -0.483. The molecule has 2 amide bonds. The summed E-state index contributed by atoms with van der Waals surface area (Å²) in [5.74, 6) is -0.261. The average molecular weight is 290 g/mol. The summed E-state index contributed by atoms with van der Waals surface area (Å²) in [5, 5.41) is 11.4. The fraction of sp³-hybridized carbons (Fsp3) is 0.286. The van der Waals surface area contributed by atoms with Gasteiger partial charge in [0.1, 0.15) is 0 Å². The van der Waals surface area contributed by atoms with Crippen LogP contribution in [0.2, 0.25) is 0 Å². The number of anilines is 2. The Labute approximate surface area is 120 Å². The van der Waals surface area contributed by atoms with Crippen molar-refractivity contribution in [3.05, 3.63) is 36.4 Å². The van der Waals surface area contributed by atoms with E-state index in [1.807, 2.05) is 0 Å². The minimum absolute atomic E-state index is 0.114. The van der Waals surface area contributed by atoms with Gasteiger partial charge in [0, 0.05) is 18.0 Å². The molecule has 1 heterocycles. The highest BCUT2D eigenvalue weighted by atomic mass is 19.1. The first-order valence-electron chi connectivity index (χ1n) is 6.74. The second-order valence-corrected chi connectivity index (χ2v) is 4.88. The average Bonchev–Trinajstić information content (AvgIpc) is 2.88. The van der Waals surface area contributed by atoms with Gasteiger partial charge in [-0.15, -0.1) is 0 Å². The third kappa shape index (κ3) is 3.31. The molecule has 1 saturated carbocycles. The van der Waals surface area contributed by atoms with Crippen LogP contribution in [0.5, 0.6) is 5.75 Å². The Hall–Kier alpha value is -2.57. The smallest absolute Gasteiger partial charge is 0.323 e. The van der Waals surface area contributed by atoms with E-state index < -0.39 is 11.8 Å². The summed E-state index contributed by atoms with van der Waals surface area (Å²) in [5.41, 5.74) is 0.882. The van der Waals surface area contributed by atoms with Crippen LogP contribution in [0.25, 0.3) is 0 Å². The Kier molecular flexibility index (Phi) is 3.72. The van der Waals surface area contributed by atoms with Crippen molar-refractivity contribution in [2.75, 3.05) is 10.6 Å². The summed E-state index contributed by atoms with van der Waals surface area (Å²) in [7, 11) is 0. The zero-order valence-corrected chi connectivity index (χ0v) is 11.2. The number of carbonyl (C=O) groups excluding carboxylic acids is 1. The van der Waals surface area contributed by atoms with E-state index in [1.165, 1.54) is 24.5 Å². The third-order valence-electron chi connectivity index (χ3n) is 3.29. The van der Waals surface area contributed by atoms with Crippen molar-refractivity contribution in [2.45, 2.75) is 25.4 Å². The Bertz CT molecular complexity index is 626.